The summed E-state index contributed by atoms with van der Waals surface area (Å²) in [5.74, 6) is -3.11. The smallest absolute Gasteiger partial charge is 0.303 e. The van der Waals surface area contributed by atoms with Gasteiger partial charge in [0.1, 0.15) is 24.3 Å². The Balaban J connectivity index is 2.04. The van der Waals surface area contributed by atoms with Crippen LogP contribution in [0.1, 0.15) is 39.5 Å². The molecular weight excluding hydrogens is 572 g/mol. The van der Waals surface area contributed by atoms with Crippen LogP contribution in [0.25, 0.3) is 22.4 Å². The van der Waals surface area contributed by atoms with E-state index in [2.05, 4.69) is 0 Å². The normalized spacial score (nSPS) is 20.9. The van der Waals surface area contributed by atoms with Crippen molar-refractivity contribution in [1.82, 2.24) is 4.57 Å². The molecule has 1 saturated heterocycles. The Bertz CT molecular complexity index is 1650. The minimum atomic E-state index is -1.55. The molecule has 0 N–H and O–H groups in total. The molecular formula is C32H30N2O10. The van der Waals surface area contributed by atoms with E-state index in [0.29, 0.717) is 16.7 Å². The number of ether oxygens (including phenoxy) is 5. The number of aromatic nitrogens is 1. The van der Waals surface area contributed by atoms with E-state index in [4.69, 9.17) is 23.7 Å². The molecule has 0 aliphatic carbocycles. The molecule has 2 aromatic carbocycles. The summed E-state index contributed by atoms with van der Waals surface area (Å²) in [5, 5.41) is 10.2. The number of esters is 4. The Labute approximate surface area is 252 Å². The molecule has 228 valence electrons. The van der Waals surface area contributed by atoms with Crippen molar-refractivity contribution in [3.8, 4) is 28.5 Å². The molecule has 12 nitrogen and oxygen atoms in total. The van der Waals surface area contributed by atoms with E-state index in [1.807, 2.05) is 6.07 Å². The Morgan fingerprint density at radius 3 is 1.82 bits per heavy atom. The average molecular weight is 603 g/mol. The highest BCUT2D eigenvalue weighted by Crippen LogP contribution is 2.38. The van der Waals surface area contributed by atoms with Crippen molar-refractivity contribution in [3.63, 3.8) is 0 Å². The molecule has 0 spiro atoms. The van der Waals surface area contributed by atoms with Gasteiger partial charge in [-0.2, -0.15) is 5.26 Å². The van der Waals surface area contributed by atoms with Crippen LogP contribution in [0, 0.1) is 11.3 Å². The Kier molecular flexibility index (Phi) is 9.92. The summed E-state index contributed by atoms with van der Waals surface area (Å²) in [7, 11) is 0. The second-order valence-electron chi connectivity index (χ2n) is 9.93. The van der Waals surface area contributed by atoms with Gasteiger partial charge in [0.15, 0.2) is 24.5 Å². The molecule has 4 rings (SSSR count). The van der Waals surface area contributed by atoms with E-state index < -0.39 is 66.7 Å². The maximum absolute atomic E-state index is 14.3. The summed E-state index contributed by atoms with van der Waals surface area (Å²) in [6, 6.07) is 21.2. The van der Waals surface area contributed by atoms with Crippen LogP contribution >= 0.6 is 0 Å². The minimum absolute atomic E-state index is 0.233. The number of hydrogen-bond donors (Lipinski definition) is 0. The largest absolute Gasteiger partial charge is 0.463 e. The highest BCUT2D eigenvalue weighted by Gasteiger charge is 2.53. The van der Waals surface area contributed by atoms with Gasteiger partial charge in [-0.1, -0.05) is 60.7 Å². The fourth-order valence-corrected chi connectivity index (χ4v) is 5.07. The van der Waals surface area contributed by atoms with Crippen molar-refractivity contribution in [3.05, 3.63) is 82.6 Å². The summed E-state index contributed by atoms with van der Waals surface area (Å²) in [6.45, 7) is 4.00. The molecule has 0 radical (unpaired) electrons. The van der Waals surface area contributed by atoms with E-state index in [1.165, 1.54) is 0 Å². The maximum Gasteiger partial charge on any atom is 0.303 e. The minimum Gasteiger partial charge on any atom is -0.463 e. The number of hydrogen-bond acceptors (Lipinski definition) is 11. The quantitative estimate of drug-likeness (QED) is 0.275. The highest BCUT2D eigenvalue weighted by molar-refractivity contribution is 5.76. The second kappa shape index (κ2) is 13.8. The van der Waals surface area contributed by atoms with Crippen molar-refractivity contribution in [2.75, 3.05) is 6.61 Å². The van der Waals surface area contributed by atoms with Crippen molar-refractivity contribution in [2.24, 2.45) is 0 Å². The molecule has 12 heteroatoms. The van der Waals surface area contributed by atoms with Crippen LogP contribution in [-0.2, 0) is 42.9 Å². The van der Waals surface area contributed by atoms with Crippen molar-refractivity contribution in [1.29, 1.82) is 5.26 Å². The zero-order chi connectivity index (χ0) is 32.0. The van der Waals surface area contributed by atoms with E-state index in [-0.39, 0.29) is 11.3 Å². The lowest BCUT2D eigenvalue weighted by Crippen LogP contribution is -2.61. The van der Waals surface area contributed by atoms with Crippen LogP contribution in [0.2, 0.25) is 0 Å². The van der Waals surface area contributed by atoms with Crippen LogP contribution in [0.4, 0.5) is 0 Å². The van der Waals surface area contributed by atoms with Gasteiger partial charge in [0.25, 0.3) is 5.56 Å². The number of carbonyl (C=O) groups excluding carboxylic acids is 4. The monoisotopic (exact) mass is 602 g/mol. The van der Waals surface area contributed by atoms with Crippen LogP contribution in [0.3, 0.4) is 0 Å². The lowest BCUT2D eigenvalue weighted by atomic mass is 9.95. The maximum atomic E-state index is 14.3. The Morgan fingerprint density at radius 2 is 1.30 bits per heavy atom. The third-order valence-electron chi connectivity index (χ3n) is 6.73. The molecule has 5 atom stereocenters. The SMILES string of the molecule is CC(=O)OC[C@@H]1O[C@@H](n2c(-c3ccccc3)cc(-c3ccccc3)c(C#N)c2=O)[C@@H](OC(C)=O)[C@@H](OC(C)=O)[C@@H]1OC(C)=O. The zero-order valence-electron chi connectivity index (χ0n) is 24.4. The van der Waals surface area contributed by atoms with Crippen molar-refractivity contribution >= 4 is 23.9 Å². The number of pyridine rings is 1. The topological polar surface area (TPSA) is 160 Å². The number of nitriles is 1. The van der Waals surface area contributed by atoms with Gasteiger partial charge in [-0.05, 0) is 17.2 Å². The summed E-state index contributed by atoms with van der Waals surface area (Å²) in [5.41, 5.74) is 0.733. The van der Waals surface area contributed by atoms with Gasteiger partial charge in [-0.3, -0.25) is 28.5 Å². The van der Waals surface area contributed by atoms with E-state index in [1.54, 1.807) is 66.7 Å². The molecule has 2 heterocycles. The van der Waals surface area contributed by atoms with Gasteiger partial charge in [0.05, 0.1) is 5.69 Å². The molecule has 1 aliphatic heterocycles. The summed E-state index contributed by atoms with van der Waals surface area (Å²) < 4.78 is 29.2. The Hall–Kier alpha value is -5.28. The van der Waals surface area contributed by atoms with Crippen LogP contribution < -0.4 is 5.56 Å². The van der Waals surface area contributed by atoms with E-state index in [9.17, 15) is 29.2 Å². The predicted molar refractivity (Wildman–Crippen MR) is 153 cm³/mol. The number of nitrogens with zero attached hydrogens (tertiary/aromatic N) is 2. The molecule has 0 unspecified atom stereocenters. The number of benzene rings is 2. The van der Waals surface area contributed by atoms with Gasteiger partial charge >= 0.3 is 23.9 Å². The number of rotatable bonds is 8. The predicted octanol–water partition coefficient (Wildman–Crippen LogP) is 3.31. The molecule has 0 amide bonds. The lowest BCUT2D eigenvalue weighted by molar-refractivity contribution is -0.268. The molecule has 1 aliphatic rings. The summed E-state index contributed by atoms with van der Waals surface area (Å²) in [6.07, 6.45) is -7.31. The van der Waals surface area contributed by atoms with E-state index >= 15 is 0 Å². The number of carbonyl (C=O) groups is 4. The molecule has 0 saturated carbocycles. The molecule has 3 aromatic rings. The summed E-state index contributed by atoms with van der Waals surface area (Å²) in [4.78, 5) is 62.9. The first-order valence-electron chi connectivity index (χ1n) is 13.6. The van der Waals surface area contributed by atoms with Gasteiger partial charge in [-0.25, -0.2) is 0 Å². The van der Waals surface area contributed by atoms with E-state index in [0.717, 1.165) is 32.3 Å². The first kappa shape index (κ1) is 31.7. The van der Waals surface area contributed by atoms with Crippen LogP contribution in [-0.4, -0.2) is 59.5 Å². The fraction of sp³-hybridized carbons (Fsp3) is 0.312. The van der Waals surface area contributed by atoms with Gasteiger partial charge in [0, 0.05) is 33.3 Å². The lowest BCUT2D eigenvalue weighted by Gasteiger charge is -2.45. The highest BCUT2D eigenvalue weighted by atomic mass is 16.7. The van der Waals surface area contributed by atoms with Gasteiger partial charge < -0.3 is 23.7 Å². The molecule has 1 fully saturated rings. The standard InChI is InChI=1S/C32H30N2O10/c1-18(35)40-17-27-28(41-19(2)36)29(42-20(3)37)30(43-21(4)38)32(44-27)34-26(23-13-9-6-10-14-23)15-24(25(16-33)31(34)39)22-11-7-5-8-12-22/h5-15,27-30,32H,17H2,1-4H3/t27-,28+,29-,30-,32+/m0/s1. The fourth-order valence-electron chi connectivity index (χ4n) is 5.07. The van der Waals surface area contributed by atoms with Gasteiger partial charge in [0.2, 0.25) is 0 Å². The third kappa shape index (κ3) is 7.02. The average Bonchev–Trinajstić information content (AvgIpc) is 2.98. The second-order valence-corrected chi connectivity index (χ2v) is 9.93. The first-order chi connectivity index (χ1) is 21.0. The first-order valence-corrected chi connectivity index (χ1v) is 13.6. The molecule has 0 bridgehead atoms. The van der Waals surface area contributed by atoms with Crippen LogP contribution in [0.5, 0.6) is 0 Å². The molecule has 44 heavy (non-hydrogen) atoms. The Morgan fingerprint density at radius 1 is 0.773 bits per heavy atom. The third-order valence-corrected chi connectivity index (χ3v) is 6.73. The van der Waals surface area contributed by atoms with Crippen LogP contribution in [0.15, 0.2) is 71.5 Å². The van der Waals surface area contributed by atoms with Crippen molar-refractivity contribution in [2.45, 2.75) is 58.3 Å². The summed E-state index contributed by atoms with van der Waals surface area (Å²) >= 11 is 0. The zero-order valence-corrected chi connectivity index (χ0v) is 24.4. The molecule has 1 aromatic heterocycles. The van der Waals surface area contributed by atoms with Gasteiger partial charge in [-0.15, -0.1) is 0 Å². The van der Waals surface area contributed by atoms with Crippen molar-refractivity contribution < 1.29 is 42.9 Å².